The van der Waals surface area contributed by atoms with Crippen LogP contribution in [-0.4, -0.2) is 17.3 Å². The number of rotatable bonds is 3. The zero-order chi connectivity index (χ0) is 12.3. The molecule has 1 saturated heterocycles. The Balaban J connectivity index is 2.05. The summed E-state index contributed by atoms with van der Waals surface area (Å²) in [7, 11) is 0. The summed E-state index contributed by atoms with van der Waals surface area (Å²) in [5.41, 5.74) is 0.324. The minimum absolute atomic E-state index is 0.0357. The van der Waals surface area contributed by atoms with Crippen LogP contribution in [0.2, 0.25) is 5.02 Å². The van der Waals surface area contributed by atoms with Crippen molar-refractivity contribution in [3.8, 4) is 0 Å². The largest absolute Gasteiger partial charge is 0.294 e. The van der Waals surface area contributed by atoms with Gasteiger partial charge in [-0.3, -0.25) is 4.79 Å². The first-order chi connectivity index (χ1) is 8.16. The van der Waals surface area contributed by atoms with E-state index in [0.717, 1.165) is 24.3 Å². The molecule has 92 valence electrons. The molecule has 1 aliphatic rings. The highest BCUT2D eigenvalue weighted by Crippen LogP contribution is 2.28. The Morgan fingerprint density at radius 1 is 1.41 bits per heavy atom. The van der Waals surface area contributed by atoms with Crippen LogP contribution >= 0.6 is 23.4 Å². The summed E-state index contributed by atoms with van der Waals surface area (Å²) >= 11 is 7.85. The molecule has 2 rings (SSSR count). The topological polar surface area (TPSA) is 17.1 Å². The summed E-state index contributed by atoms with van der Waals surface area (Å²) in [6.07, 6.45) is 2.64. The molecule has 0 radical (unpaired) electrons. The lowest BCUT2D eigenvalue weighted by Gasteiger charge is -2.20. The Bertz CT molecular complexity index is 416. The van der Waals surface area contributed by atoms with E-state index in [1.807, 2.05) is 11.8 Å². The van der Waals surface area contributed by atoms with Crippen molar-refractivity contribution >= 4 is 29.1 Å². The molecule has 0 bridgehead atoms. The molecular formula is C13H14ClFOS. The number of carbonyl (C=O) groups excluding carboxylic acids is 1. The van der Waals surface area contributed by atoms with Gasteiger partial charge in [-0.25, -0.2) is 4.39 Å². The first kappa shape index (κ1) is 12.9. The third-order valence-electron chi connectivity index (χ3n) is 3.04. The van der Waals surface area contributed by atoms with E-state index in [9.17, 15) is 9.18 Å². The molecule has 1 aromatic carbocycles. The van der Waals surface area contributed by atoms with E-state index in [1.54, 1.807) is 0 Å². The Labute approximate surface area is 110 Å². The Hall–Kier alpha value is -0.540. The summed E-state index contributed by atoms with van der Waals surface area (Å²) in [5.74, 6) is 2.23. The number of ketones is 1. The molecule has 0 N–H and O–H groups in total. The molecule has 4 heteroatoms. The molecular weight excluding hydrogens is 259 g/mol. The maximum absolute atomic E-state index is 13.1. The van der Waals surface area contributed by atoms with E-state index in [4.69, 9.17) is 11.6 Å². The molecule has 1 nitrogen and oxygen atoms in total. The predicted molar refractivity (Wildman–Crippen MR) is 70.4 cm³/mol. The quantitative estimate of drug-likeness (QED) is 0.768. The van der Waals surface area contributed by atoms with Crippen molar-refractivity contribution < 1.29 is 9.18 Å². The second kappa shape index (κ2) is 5.87. The molecule has 0 saturated carbocycles. The molecule has 17 heavy (non-hydrogen) atoms. The second-order valence-corrected chi connectivity index (χ2v) is 5.94. The van der Waals surface area contributed by atoms with E-state index >= 15 is 0 Å². The lowest BCUT2D eigenvalue weighted by atomic mass is 9.93. The third kappa shape index (κ3) is 3.46. The van der Waals surface area contributed by atoms with Crippen molar-refractivity contribution in [2.24, 2.45) is 5.92 Å². The summed E-state index contributed by atoms with van der Waals surface area (Å²) < 4.78 is 13.1. The molecule has 0 atom stereocenters. The lowest BCUT2D eigenvalue weighted by molar-refractivity contribution is 0.0958. The number of halogens is 2. The van der Waals surface area contributed by atoms with E-state index in [-0.39, 0.29) is 5.78 Å². The van der Waals surface area contributed by atoms with Crippen LogP contribution in [0.3, 0.4) is 0 Å². The molecule has 0 amide bonds. The molecule has 0 aromatic heterocycles. The monoisotopic (exact) mass is 272 g/mol. The Morgan fingerprint density at radius 2 is 2.12 bits per heavy atom. The van der Waals surface area contributed by atoms with Crippen LogP contribution in [0.5, 0.6) is 0 Å². The van der Waals surface area contributed by atoms with E-state index in [2.05, 4.69) is 0 Å². The lowest BCUT2D eigenvalue weighted by Crippen LogP contribution is -2.14. The van der Waals surface area contributed by atoms with Gasteiger partial charge in [0.05, 0.1) is 5.02 Å². The number of Topliss-reactive ketones (excluding diaryl/α,β-unsaturated/α-hetero) is 1. The second-order valence-electron chi connectivity index (χ2n) is 4.31. The molecule has 1 aromatic rings. The van der Waals surface area contributed by atoms with Gasteiger partial charge in [0.1, 0.15) is 5.82 Å². The maximum atomic E-state index is 13.1. The third-order valence-corrected chi connectivity index (χ3v) is 4.42. The molecule has 0 aliphatic carbocycles. The van der Waals surface area contributed by atoms with Crippen molar-refractivity contribution in [1.29, 1.82) is 0 Å². The number of thioether (sulfide) groups is 1. The van der Waals surface area contributed by atoms with Crippen LogP contribution in [0.4, 0.5) is 4.39 Å². The van der Waals surface area contributed by atoms with Crippen LogP contribution in [0.25, 0.3) is 0 Å². The predicted octanol–water partition coefficient (Wildman–Crippen LogP) is 4.20. The first-order valence-corrected chi connectivity index (χ1v) is 7.26. The van der Waals surface area contributed by atoms with Crippen molar-refractivity contribution in [2.45, 2.75) is 19.3 Å². The zero-order valence-corrected chi connectivity index (χ0v) is 11.0. The highest BCUT2D eigenvalue weighted by Gasteiger charge is 2.19. The zero-order valence-electron chi connectivity index (χ0n) is 9.42. The van der Waals surface area contributed by atoms with Gasteiger partial charge in [-0.15, -0.1) is 0 Å². The standard InChI is InChI=1S/C13H14ClFOS/c14-12-2-1-10(15)8-11(12)13(16)7-9-3-5-17-6-4-9/h1-2,8-9H,3-7H2. The highest BCUT2D eigenvalue weighted by molar-refractivity contribution is 7.99. The van der Waals surface area contributed by atoms with Crippen molar-refractivity contribution in [2.75, 3.05) is 11.5 Å². The van der Waals surface area contributed by atoms with Gasteiger partial charge < -0.3 is 0 Å². The van der Waals surface area contributed by atoms with E-state index in [0.29, 0.717) is 22.9 Å². The fourth-order valence-electron chi connectivity index (χ4n) is 2.03. The van der Waals surface area contributed by atoms with Gasteiger partial charge in [0, 0.05) is 12.0 Å². The fraction of sp³-hybridized carbons (Fsp3) is 0.462. The number of hydrogen-bond donors (Lipinski definition) is 0. The van der Waals surface area contributed by atoms with E-state index < -0.39 is 5.82 Å². The average Bonchev–Trinajstić information content (AvgIpc) is 2.33. The Morgan fingerprint density at radius 3 is 2.82 bits per heavy atom. The number of carbonyl (C=O) groups is 1. The van der Waals surface area contributed by atoms with E-state index in [1.165, 1.54) is 18.2 Å². The van der Waals surface area contributed by atoms with Crippen molar-refractivity contribution in [3.63, 3.8) is 0 Å². The van der Waals surface area contributed by atoms with Crippen LogP contribution < -0.4 is 0 Å². The molecule has 1 aliphatic heterocycles. The molecule has 0 unspecified atom stereocenters. The molecule has 1 fully saturated rings. The smallest absolute Gasteiger partial charge is 0.164 e. The van der Waals surface area contributed by atoms with Crippen molar-refractivity contribution in [1.82, 2.24) is 0 Å². The molecule has 0 spiro atoms. The van der Waals surface area contributed by atoms with Crippen molar-refractivity contribution in [3.05, 3.63) is 34.6 Å². The average molecular weight is 273 g/mol. The Kier molecular flexibility index (Phi) is 4.46. The van der Waals surface area contributed by atoms with Gasteiger partial charge in [-0.05, 0) is 48.5 Å². The van der Waals surface area contributed by atoms with Gasteiger partial charge in [0.2, 0.25) is 0 Å². The van der Waals surface area contributed by atoms with Crippen LogP contribution in [0.1, 0.15) is 29.6 Å². The minimum Gasteiger partial charge on any atom is -0.294 e. The van der Waals surface area contributed by atoms with Gasteiger partial charge >= 0.3 is 0 Å². The van der Waals surface area contributed by atoms with Gasteiger partial charge in [0.15, 0.2) is 5.78 Å². The van der Waals surface area contributed by atoms with Gasteiger partial charge in [0.25, 0.3) is 0 Å². The van der Waals surface area contributed by atoms with Gasteiger partial charge in [-0.2, -0.15) is 11.8 Å². The fourth-order valence-corrected chi connectivity index (χ4v) is 3.46. The minimum atomic E-state index is -0.406. The van der Waals surface area contributed by atoms with Gasteiger partial charge in [-0.1, -0.05) is 11.6 Å². The van der Waals surface area contributed by atoms with Crippen LogP contribution in [-0.2, 0) is 0 Å². The molecule has 1 heterocycles. The SMILES string of the molecule is O=C(CC1CCSCC1)c1cc(F)ccc1Cl. The summed E-state index contributed by atoms with van der Waals surface area (Å²) in [6, 6.07) is 3.96. The first-order valence-electron chi connectivity index (χ1n) is 5.73. The summed E-state index contributed by atoms with van der Waals surface area (Å²) in [4.78, 5) is 12.0. The maximum Gasteiger partial charge on any atom is 0.164 e. The highest BCUT2D eigenvalue weighted by atomic mass is 35.5. The summed E-state index contributed by atoms with van der Waals surface area (Å²) in [5, 5.41) is 0.349. The summed E-state index contributed by atoms with van der Waals surface area (Å²) in [6.45, 7) is 0. The number of hydrogen-bond acceptors (Lipinski definition) is 2. The normalized spacial score (nSPS) is 17.1. The van der Waals surface area contributed by atoms with Crippen LogP contribution in [0.15, 0.2) is 18.2 Å². The van der Waals surface area contributed by atoms with Crippen LogP contribution in [0, 0.1) is 11.7 Å². The number of benzene rings is 1.